The van der Waals surface area contributed by atoms with Crippen molar-refractivity contribution >= 4 is 35.1 Å². The van der Waals surface area contributed by atoms with E-state index in [-0.39, 0.29) is 12.0 Å². The first-order valence-electron chi connectivity index (χ1n) is 11.0. The maximum atomic E-state index is 13.0. The number of hydrogen-bond donors (Lipinski definition) is 0. The molecule has 0 aliphatic carbocycles. The monoisotopic (exact) mass is 463 g/mol. The number of likely N-dealkylation sites (tertiary alicyclic amines) is 1. The van der Waals surface area contributed by atoms with E-state index in [1.165, 1.54) is 0 Å². The van der Waals surface area contributed by atoms with Crippen molar-refractivity contribution < 1.29 is 19.2 Å². The first kappa shape index (κ1) is 22.6. The molecule has 0 aromatic carbocycles. The van der Waals surface area contributed by atoms with E-state index in [1.54, 1.807) is 17.2 Å². The molecule has 4 rings (SSSR count). The maximum absolute atomic E-state index is 13.0. The lowest BCUT2D eigenvalue weighted by Gasteiger charge is -2.38. The van der Waals surface area contributed by atoms with Crippen molar-refractivity contribution in [3.05, 3.63) is 23.4 Å². The number of oxime groups is 1. The second-order valence-corrected chi connectivity index (χ2v) is 9.95. The van der Waals surface area contributed by atoms with Crippen LogP contribution < -0.4 is 4.90 Å². The summed E-state index contributed by atoms with van der Waals surface area (Å²) in [6.07, 6.45) is 3.13. The quantitative estimate of drug-likeness (QED) is 0.670. The van der Waals surface area contributed by atoms with Gasteiger partial charge < -0.3 is 24.3 Å². The van der Waals surface area contributed by atoms with Gasteiger partial charge in [-0.25, -0.2) is 9.78 Å². The molecule has 0 bridgehead atoms. The van der Waals surface area contributed by atoms with E-state index in [0.29, 0.717) is 69.3 Å². The third kappa shape index (κ3) is 4.92. The number of anilines is 1. The Balaban J connectivity index is 1.27. The molecule has 1 spiro atoms. The van der Waals surface area contributed by atoms with E-state index in [0.717, 1.165) is 5.82 Å². The molecule has 4 heterocycles. The standard InChI is InChI=1S/C22H30ClN5O4/c1-21(2,3)31-20(30)28-9-6-22(7-10-28)15-17(25-32-22)19(29)27-13-11-26(12-14-27)18-16(23)5-4-8-24-18/h4-5,8H,6-7,9-15H2,1-3H3. The van der Waals surface area contributed by atoms with Crippen LogP contribution in [0.15, 0.2) is 23.5 Å². The van der Waals surface area contributed by atoms with Crippen molar-refractivity contribution in [1.82, 2.24) is 14.8 Å². The Labute approximate surface area is 193 Å². The fraction of sp³-hybridized carbons (Fsp3) is 0.636. The molecule has 2 amide bonds. The Kier molecular flexibility index (Phi) is 6.20. The highest BCUT2D eigenvalue weighted by Crippen LogP contribution is 2.35. The topological polar surface area (TPSA) is 87.6 Å². The molecule has 2 fully saturated rings. The largest absolute Gasteiger partial charge is 0.444 e. The van der Waals surface area contributed by atoms with Gasteiger partial charge in [0.25, 0.3) is 5.91 Å². The van der Waals surface area contributed by atoms with Crippen LogP contribution in [0.2, 0.25) is 5.02 Å². The summed E-state index contributed by atoms with van der Waals surface area (Å²) in [7, 11) is 0. The lowest BCUT2D eigenvalue weighted by molar-refractivity contribution is -0.124. The number of amides is 2. The molecule has 2 saturated heterocycles. The molecule has 3 aliphatic rings. The van der Waals surface area contributed by atoms with Crippen LogP contribution in [-0.4, -0.2) is 83.0 Å². The fourth-order valence-corrected chi connectivity index (χ4v) is 4.48. The minimum Gasteiger partial charge on any atom is -0.444 e. The van der Waals surface area contributed by atoms with Crippen LogP contribution in [-0.2, 0) is 14.4 Å². The first-order valence-corrected chi connectivity index (χ1v) is 11.4. The average Bonchev–Trinajstić information content (AvgIpc) is 3.16. The number of ether oxygens (including phenoxy) is 1. The van der Waals surface area contributed by atoms with Gasteiger partial charge in [-0.2, -0.15) is 0 Å². The average molecular weight is 464 g/mol. The lowest BCUT2D eigenvalue weighted by Crippen LogP contribution is -2.52. The molecule has 174 valence electrons. The van der Waals surface area contributed by atoms with Gasteiger partial charge in [-0.15, -0.1) is 0 Å². The van der Waals surface area contributed by atoms with Crippen LogP contribution in [0.1, 0.15) is 40.0 Å². The number of rotatable bonds is 2. The fourth-order valence-electron chi connectivity index (χ4n) is 4.24. The van der Waals surface area contributed by atoms with Crippen LogP contribution in [0.3, 0.4) is 0 Å². The predicted molar refractivity (Wildman–Crippen MR) is 121 cm³/mol. The number of pyridine rings is 1. The Hall–Kier alpha value is -2.55. The summed E-state index contributed by atoms with van der Waals surface area (Å²) in [6.45, 7) is 9.07. The summed E-state index contributed by atoms with van der Waals surface area (Å²) in [4.78, 5) is 41.1. The molecule has 0 atom stereocenters. The number of carbonyl (C=O) groups excluding carboxylic acids is 2. The molecule has 0 unspecified atom stereocenters. The van der Waals surface area contributed by atoms with Crippen molar-refractivity contribution in [3.63, 3.8) is 0 Å². The molecule has 0 radical (unpaired) electrons. The summed E-state index contributed by atoms with van der Waals surface area (Å²) >= 11 is 6.25. The zero-order valence-corrected chi connectivity index (χ0v) is 19.6. The number of piperidine rings is 1. The Morgan fingerprint density at radius 1 is 1.09 bits per heavy atom. The third-order valence-electron chi connectivity index (χ3n) is 6.02. The number of nitrogens with zero attached hydrogens (tertiary/aromatic N) is 5. The molecule has 9 nitrogen and oxygen atoms in total. The Morgan fingerprint density at radius 2 is 1.78 bits per heavy atom. The van der Waals surface area contributed by atoms with Crippen LogP contribution in [0.5, 0.6) is 0 Å². The SMILES string of the molecule is CC(C)(C)OC(=O)N1CCC2(CC1)CC(C(=O)N1CCN(c3ncccc3Cl)CC1)=NO2. The Morgan fingerprint density at radius 3 is 2.41 bits per heavy atom. The van der Waals surface area contributed by atoms with E-state index in [4.69, 9.17) is 21.2 Å². The van der Waals surface area contributed by atoms with E-state index < -0.39 is 11.2 Å². The molecular formula is C22H30ClN5O4. The van der Waals surface area contributed by atoms with Crippen molar-refractivity contribution in [1.29, 1.82) is 0 Å². The molecule has 10 heteroatoms. The highest BCUT2D eigenvalue weighted by molar-refractivity contribution is 6.39. The summed E-state index contributed by atoms with van der Waals surface area (Å²) in [6, 6.07) is 3.62. The maximum Gasteiger partial charge on any atom is 0.410 e. The second-order valence-electron chi connectivity index (χ2n) is 9.54. The van der Waals surface area contributed by atoms with Crippen LogP contribution in [0, 0.1) is 0 Å². The van der Waals surface area contributed by atoms with E-state index in [1.807, 2.05) is 31.7 Å². The van der Waals surface area contributed by atoms with Gasteiger partial charge in [-0.1, -0.05) is 16.8 Å². The van der Waals surface area contributed by atoms with Gasteiger partial charge in [0.1, 0.15) is 22.7 Å². The molecule has 0 saturated carbocycles. The minimum atomic E-state index is -0.523. The van der Waals surface area contributed by atoms with Gasteiger partial charge >= 0.3 is 6.09 Å². The first-order chi connectivity index (χ1) is 15.2. The van der Waals surface area contributed by atoms with Crippen LogP contribution in [0.25, 0.3) is 0 Å². The lowest BCUT2D eigenvalue weighted by atomic mass is 9.86. The van der Waals surface area contributed by atoms with E-state index in [9.17, 15) is 9.59 Å². The second kappa shape index (κ2) is 8.77. The van der Waals surface area contributed by atoms with Crippen molar-refractivity contribution in [2.24, 2.45) is 5.16 Å². The van der Waals surface area contributed by atoms with Crippen LogP contribution >= 0.6 is 11.6 Å². The molecule has 32 heavy (non-hydrogen) atoms. The van der Waals surface area contributed by atoms with Gasteiger partial charge in [0.2, 0.25) is 0 Å². The van der Waals surface area contributed by atoms with Crippen LogP contribution in [0.4, 0.5) is 10.6 Å². The molecular weight excluding hydrogens is 434 g/mol. The predicted octanol–water partition coefficient (Wildman–Crippen LogP) is 2.93. The van der Waals surface area contributed by atoms with Gasteiger partial charge in [-0.05, 0) is 32.9 Å². The molecule has 1 aromatic heterocycles. The van der Waals surface area contributed by atoms with Gasteiger partial charge in [-0.3, -0.25) is 4.79 Å². The highest BCUT2D eigenvalue weighted by Gasteiger charge is 2.45. The zero-order chi connectivity index (χ0) is 22.9. The van der Waals surface area contributed by atoms with Gasteiger partial charge in [0.15, 0.2) is 0 Å². The number of aromatic nitrogens is 1. The molecule has 1 aromatic rings. The van der Waals surface area contributed by atoms with Crippen molar-refractivity contribution in [3.8, 4) is 0 Å². The summed E-state index contributed by atoms with van der Waals surface area (Å²) in [5.74, 6) is 0.668. The van der Waals surface area contributed by atoms with Gasteiger partial charge in [0.05, 0.1) is 5.02 Å². The molecule has 3 aliphatic heterocycles. The summed E-state index contributed by atoms with van der Waals surface area (Å²) in [5.41, 5.74) is -0.572. The summed E-state index contributed by atoms with van der Waals surface area (Å²) in [5, 5.41) is 4.76. The van der Waals surface area contributed by atoms with E-state index >= 15 is 0 Å². The van der Waals surface area contributed by atoms with Crippen molar-refractivity contribution in [2.45, 2.75) is 51.2 Å². The molecule has 0 N–H and O–H groups in total. The third-order valence-corrected chi connectivity index (χ3v) is 6.31. The zero-order valence-electron chi connectivity index (χ0n) is 18.8. The number of piperazine rings is 1. The number of halogens is 1. The Bertz CT molecular complexity index is 900. The normalized spacial score (nSPS) is 20.8. The highest BCUT2D eigenvalue weighted by atomic mass is 35.5. The van der Waals surface area contributed by atoms with Crippen molar-refractivity contribution in [2.75, 3.05) is 44.2 Å². The minimum absolute atomic E-state index is 0.0804. The summed E-state index contributed by atoms with van der Waals surface area (Å²) < 4.78 is 5.45. The number of hydrogen-bond acceptors (Lipinski definition) is 7. The smallest absolute Gasteiger partial charge is 0.410 e. The van der Waals surface area contributed by atoms with Gasteiger partial charge in [0, 0.05) is 64.7 Å². The van der Waals surface area contributed by atoms with E-state index in [2.05, 4.69) is 15.0 Å². The number of carbonyl (C=O) groups is 2.